The number of hydrogen-bond acceptors (Lipinski definition) is 2. The van der Waals surface area contributed by atoms with Crippen LogP contribution in [-0.2, 0) is 9.59 Å². The lowest BCUT2D eigenvalue weighted by Gasteiger charge is -2.38. The summed E-state index contributed by atoms with van der Waals surface area (Å²) in [5, 5.41) is 0. The van der Waals surface area contributed by atoms with Crippen LogP contribution >= 0.6 is 0 Å². The van der Waals surface area contributed by atoms with Gasteiger partial charge in [0.2, 0.25) is 5.78 Å². The Morgan fingerprint density at radius 2 is 1.47 bits per heavy atom. The molecule has 3 nitrogen and oxygen atoms in total. The smallest absolute Gasteiger partial charge is 0.289 e. The normalized spacial score (nSPS) is 18.5. The van der Waals surface area contributed by atoms with Crippen LogP contribution in [0.4, 0.5) is 0 Å². The van der Waals surface area contributed by atoms with Crippen molar-refractivity contribution in [2.75, 3.05) is 13.1 Å². The van der Waals surface area contributed by atoms with Gasteiger partial charge in [-0.25, -0.2) is 0 Å². The van der Waals surface area contributed by atoms with E-state index >= 15 is 0 Å². The molecule has 1 aliphatic heterocycles. The Balaban J connectivity index is 2.52. The molecule has 0 N–H and O–H groups in total. The van der Waals surface area contributed by atoms with Gasteiger partial charge >= 0.3 is 0 Å². The lowest BCUT2D eigenvalue weighted by Crippen LogP contribution is -2.44. The SMILES string of the molecule is CC(C)(C)CC(=O)C(=O)N1CCC(C(C)(C)C)CC1. The van der Waals surface area contributed by atoms with Crippen molar-refractivity contribution in [2.45, 2.75) is 60.8 Å². The van der Waals surface area contributed by atoms with Crippen molar-refractivity contribution in [2.24, 2.45) is 16.7 Å². The van der Waals surface area contributed by atoms with Crippen LogP contribution < -0.4 is 0 Å². The third-order valence-electron chi connectivity index (χ3n) is 3.94. The van der Waals surface area contributed by atoms with Gasteiger partial charge in [0.1, 0.15) is 0 Å². The van der Waals surface area contributed by atoms with Crippen molar-refractivity contribution < 1.29 is 9.59 Å². The second-order valence-electron chi connectivity index (χ2n) is 8.09. The molecule has 1 heterocycles. The molecule has 0 atom stereocenters. The molecule has 0 aliphatic carbocycles. The maximum Gasteiger partial charge on any atom is 0.289 e. The molecular formula is C16H29NO2. The van der Waals surface area contributed by atoms with Gasteiger partial charge in [0.15, 0.2) is 0 Å². The summed E-state index contributed by atoms with van der Waals surface area (Å²) < 4.78 is 0. The van der Waals surface area contributed by atoms with Gasteiger partial charge in [0, 0.05) is 19.5 Å². The molecule has 1 aliphatic rings. The minimum absolute atomic E-state index is 0.115. The zero-order chi connectivity index (χ0) is 14.8. The Morgan fingerprint density at radius 1 is 1.00 bits per heavy atom. The summed E-state index contributed by atoms with van der Waals surface area (Å²) >= 11 is 0. The van der Waals surface area contributed by atoms with Crippen molar-refractivity contribution in [3.8, 4) is 0 Å². The Hall–Kier alpha value is -0.860. The van der Waals surface area contributed by atoms with Crippen molar-refractivity contribution in [3.05, 3.63) is 0 Å². The van der Waals surface area contributed by atoms with Crippen LogP contribution in [0.25, 0.3) is 0 Å². The molecule has 0 spiro atoms. The predicted molar refractivity (Wildman–Crippen MR) is 77.8 cm³/mol. The topological polar surface area (TPSA) is 37.4 Å². The van der Waals surface area contributed by atoms with E-state index in [9.17, 15) is 9.59 Å². The number of hydrogen-bond donors (Lipinski definition) is 0. The number of carbonyl (C=O) groups excluding carboxylic acids is 2. The summed E-state index contributed by atoms with van der Waals surface area (Å²) in [4.78, 5) is 25.8. The van der Waals surface area contributed by atoms with E-state index < -0.39 is 0 Å². The number of Topliss-reactive ketones (excluding diaryl/α,β-unsaturated/α-hetero) is 1. The molecular weight excluding hydrogens is 238 g/mol. The highest BCUT2D eigenvalue weighted by Gasteiger charge is 2.33. The van der Waals surface area contributed by atoms with E-state index in [2.05, 4.69) is 20.8 Å². The third kappa shape index (κ3) is 4.96. The Bertz CT molecular complexity index is 339. The fourth-order valence-corrected chi connectivity index (χ4v) is 2.68. The maximum absolute atomic E-state index is 12.1. The largest absolute Gasteiger partial charge is 0.336 e. The number of nitrogens with zero attached hydrogens (tertiary/aromatic N) is 1. The molecule has 1 rings (SSSR count). The zero-order valence-electron chi connectivity index (χ0n) is 13.4. The molecule has 0 unspecified atom stereocenters. The maximum atomic E-state index is 12.1. The summed E-state index contributed by atoms with van der Waals surface area (Å²) in [7, 11) is 0. The van der Waals surface area contributed by atoms with Crippen LogP contribution in [0, 0.1) is 16.7 Å². The van der Waals surface area contributed by atoms with Crippen molar-refractivity contribution in [1.29, 1.82) is 0 Å². The van der Waals surface area contributed by atoms with E-state index in [1.165, 1.54) is 0 Å². The highest BCUT2D eigenvalue weighted by Crippen LogP contribution is 2.34. The van der Waals surface area contributed by atoms with E-state index in [4.69, 9.17) is 0 Å². The molecule has 0 aromatic carbocycles. The van der Waals surface area contributed by atoms with Gasteiger partial charge in [-0.2, -0.15) is 0 Å². The summed E-state index contributed by atoms with van der Waals surface area (Å²) in [6.07, 6.45) is 2.36. The van der Waals surface area contributed by atoms with Gasteiger partial charge in [-0.05, 0) is 29.6 Å². The minimum atomic E-state index is -0.276. The van der Waals surface area contributed by atoms with Gasteiger partial charge in [-0.15, -0.1) is 0 Å². The minimum Gasteiger partial charge on any atom is -0.336 e. The second kappa shape index (κ2) is 5.64. The van der Waals surface area contributed by atoms with Gasteiger partial charge in [0.05, 0.1) is 0 Å². The molecule has 0 aromatic heterocycles. The molecule has 19 heavy (non-hydrogen) atoms. The number of carbonyl (C=O) groups is 2. The zero-order valence-corrected chi connectivity index (χ0v) is 13.4. The molecule has 0 radical (unpaired) electrons. The molecule has 0 saturated carbocycles. The van der Waals surface area contributed by atoms with E-state index in [-0.39, 0.29) is 17.1 Å². The Labute approximate surface area is 117 Å². The molecule has 1 amide bonds. The first-order valence-electron chi connectivity index (χ1n) is 7.33. The fraction of sp³-hybridized carbons (Fsp3) is 0.875. The van der Waals surface area contributed by atoms with E-state index in [1.807, 2.05) is 20.8 Å². The fourth-order valence-electron chi connectivity index (χ4n) is 2.68. The Morgan fingerprint density at radius 3 is 1.84 bits per heavy atom. The third-order valence-corrected chi connectivity index (χ3v) is 3.94. The van der Waals surface area contributed by atoms with Gasteiger partial charge in [-0.1, -0.05) is 41.5 Å². The van der Waals surface area contributed by atoms with Crippen LogP contribution in [-0.4, -0.2) is 29.7 Å². The number of amides is 1. The number of piperidine rings is 1. The van der Waals surface area contributed by atoms with Gasteiger partial charge in [0.25, 0.3) is 5.91 Å². The van der Waals surface area contributed by atoms with Crippen LogP contribution in [0.2, 0.25) is 0 Å². The molecule has 1 saturated heterocycles. The lowest BCUT2D eigenvalue weighted by molar-refractivity contribution is -0.146. The second-order valence-corrected chi connectivity index (χ2v) is 8.09. The lowest BCUT2D eigenvalue weighted by atomic mass is 9.75. The summed E-state index contributed by atoms with van der Waals surface area (Å²) in [6, 6.07) is 0. The van der Waals surface area contributed by atoms with Crippen molar-refractivity contribution in [1.82, 2.24) is 4.90 Å². The van der Waals surface area contributed by atoms with E-state index in [0.717, 1.165) is 25.9 Å². The van der Waals surface area contributed by atoms with Gasteiger partial charge < -0.3 is 4.90 Å². The van der Waals surface area contributed by atoms with E-state index in [0.29, 0.717) is 17.8 Å². The summed E-state index contributed by atoms with van der Waals surface area (Å²) in [6.45, 7) is 14.2. The van der Waals surface area contributed by atoms with E-state index in [1.54, 1.807) is 4.90 Å². The summed E-state index contributed by atoms with van der Waals surface area (Å²) in [5.41, 5.74) is 0.182. The quantitative estimate of drug-likeness (QED) is 0.720. The van der Waals surface area contributed by atoms with Crippen LogP contribution in [0.3, 0.4) is 0 Å². The molecule has 0 bridgehead atoms. The monoisotopic (exact) mass is 267 g/mol. The van der Waals surface area contributed by atoms with Gasteiger partial charge in [-0.3, -0.25) is 9.59 Å². The average molecular weight is 267 g/mol. The molecule has 1 fully saturated rings. The number of ketones is 1. The van der Waals surface area contributed by atoms with Crippen molar-refractivity contribution >= 4 is 11.7 Å². The standard InChI is InChI=1S/C16H29NO2/c1-15(2,3)11-13(18)14(19)17-9-7-12(8-10-17)16(4,5)6/h12H,7-11H2,1-6H3. The first-order valence-corrected chi connectivity index (χ1v) is 7.33. The number of rotatable bonds is 2. The highest BCUT2D eigenvalue weighted by atomic mass is 16.2. The molecule has 110 valence electrons. The molecule has 3 heteroatoms. The van der Waals surface area contributed by atoms with Crippen LogP contribution in [0.5, 0.6) is 0 Å². The first kappa shape index (κ1) is 16.2. The first-order chi connectivity index (χ1) is 8.50. The summed E-state index contributed by atoms with van der Waals surface area (Å²) in [5.74, 6) is 0.137. The van der Waals surface area contributed by atoms with Crippen LogP contribution in [0.1, 0.15) is 60.8 Å². The van der Waals surface area contributed by atoms with Crippen LogP contribution in [0.15, 0.2) is 0 Å². The average Bonchev–Trinajstić information content (AvgIpc) is 2.24. The predicted octanol–water partition coefficient (Wildman–Crippen LogP) is 3.28. The highest BCUT2D eigenvalue weighted by molar-refractivity contribution is 6.36. The Kier molecular flexibility index (Phi) is 4.81. The number of likely N-dealkylation sites (tertiary alicyclic amines) is 1. The van der Waals surface area contributed by atoms with Crippen molar-refractivity contribution in [3.63, 3.8) is 0 Å². The molecule has 0 aromatic rings.